The number of benzene rings is 1. The van der Waals surface area contributed by atoms with Crippen LogP contribution in [0.15, 0.2) is 18.2 Å². The van der Waals surface area contributed by atoms with E-state index < -0.39 is 0 Å². The zero-order chi connectivity index (χ0) is 9.97. The van der Waals surface area contributed by atoms with Crippen molar-refractivity contribution in [2.24, 2.45) is 5.73 Å². The Morgan fingerprint density at radius 3 is 3.14 bits per heavy atom. The van der Waals surface area contributed by atoms with Gasteiger partial charge in [0.25, 0.3) is 0 Å². The second-order valence-electron chi connectivity index (χ2n) is 3.79. The highest BCUT2D eigenvalue weighted by Gasteiger charge is 2.16. The van der Waals surface area contributed by atoms with Gasteiger partial charge in [0.15, 0.2) is 0 Å². The van der Waals surface area contributed by atoms with E-state index in [0.717, 1.165) is 31.6 Å². The molecule has 1 atom stereocenters. The van der Waals surface area contributed by atoms with Gasteiger partial charge in [0.05, 0.1) is 6.61 Å². The van der Waals surface area contributed by atoms with E-state index in [1.54, 1.807) is 0 Å². The van der Waals surface area contributed by atoms with Gasteiger partial charge in [-0.1, -0.05) is 19.1 Å². The molecule has 1 aromatic carbocycles. The van der Waals surface area contributed by atoms with Gasteiger partial charge in [0, 0.05) is 6.04 Å². The Labute approximate surface area is 85.1 Å². The highest BCUT2D eigenvalue weighted by molar-refractivity contribution is 5.42. The van der Waals surface area contributed by atoms with E-state index in [4.69, 9.17) is 10.5 Å². The first-order valence-electron chi connectivity index (χ1n) is 5.33. The van der Waals surface area contributed by atoms with Crippen molar-refractivity contribution >= 4 is 0 Å². The third-order valence-corrected chi connectivity index (χ3v) is 2.84. The maximum absolute atomic E-state index is 6.06. The molecule has 0 aliphatic carbocycles. The van der Waals surface area contributed by atoms with Crippen molar-refractivity contribution < 1.29 is 4.74 Å². The van der Waals surface area contributed by atoms with E-state index in [0.29, 0.717) is 0 Å². The summed E-state index contributed by atoms with van der Waals surface area (Å²) in [4.78, 5) is 0. The second-order valence-corrected chi connectivity index (χ2v) is 3.79. The van der Waals surface area contributed by atoms with Gasteiger partial charge < -0.3 is 10.5 Å². The van der Waals surface area contributed by atoms with Crippen molar-refractivity contribution in [2.45, 2.75) is 32.2 Å². The minimum Gasteiger partial charge on any atom is -0.493 e. The van der Waals surface area contributed by atoms with Gasteiger partial charge in [0.1, 0.15) is 5.75 Å². The van der Waals surface area contributed by atoms with Gasteiger partial charge in [0.2, 0.25) is 0 Å². The summed E-state index contributed by atoms with van der Waals surface area (Å²) in [5.74, 6) is 1.04. The largest absolute Gasteiger partial charge is 0.493 e. The Bertz CT molecular complexity index is 322. The molecule has 0 unspecified atom stereocenters. The lowest BCUT2D eigenvalue weighted by Crippen LogP contribution is -2.16. The predicted molar refractivity (Wildman–Crippen MR) is 57.5 cm³/mol. The molecule has 1 aliphatic heterocycles. The zero-order valence-electron chi connectivity index (χ0n) is 8.62. The van der Waals surface area contributed by atoms with Crippen LogP contribution in [0, 0.1) is 0 Å². The molecule has 0 radical (unpaired) electrons. The first kappa shape index (κ1) is 9.53. The molecule has 0 spiro atoms. The molecule has 1 aromatic rings. The monoisotopic (exact) mass is 191 g/mol. The Morgan fingerprint density at radius 2 is 2.36 bits per heavy atom. The molecule has 1 heterocycles. The zero-order valence-corrected chi connectivity index (χ0v) is 8.62. The summed E-state index contributed by atoms with van der Waals surface area (Å²) >= 11 is 0. The molecule has 0 bridgehead atoms. The van der Waals surface area contributed by atoms with Crippen LogP contribution in [0.25, 0.3) is 0 Å². The third kappa shape index (κ3) is 1.62. The first-order valence-corrected chi connectivity index (χ1v) is 5.33. The molecule has 2 N–H and O–H groups in total. The van der Waals surface area contributed by atoms with Crippen LogP contribution in [0.1, 0.15) is 36.9 Å². The van der Waals surface area contributed by atoms with Crippen molar-refractivity contribution in [3.8, 4) is 5.75 Å². The lowest BCUT2D eigenvalue weighted by atomic mass is 9.94. The van der Waals surface area contributed by atoms with Crippen LogP contribution in [0.5, 0.6) is 5.75 Å². The summed E-state index contributed by atoms with van der Waals surface area (Å²) in [7, 11) is 0. The Morgan fingerprint density at radius 1 is 1.50 bits per heavy atom. The topological polar surface area (TPSA) is 35.2 Å². The van der Waals surface area contributed by atoms with Gasteiger partial charge in [-0.15, -0.1) is 0 Å². The average molecular weight is 191 g/mol. The van der Waals surface area contributed by atoms with E-state index in [1.807, 2.05) is 12.1 Å². The highest BCUT2D eigenvalue weighted by atomic mass is 16.5. The van der Waals surface area contributed by atoms with Crippen molar-refractivity contribution in [3.63, 3.8) is 0 Å². The van der Waals surface area contributed by atoms with Gasteiger partial charge in [-0.05, 0) is 36.5 Å². The van der Waals surface area contributed by atoms with Crippen LogP contribution >= 0.6 is 0 Å². The second kappa shape index (κ2) is 4.01. The van der Waals surface area contributed by atoms with Crippen LogP contribution < -0.4 is 10.5 Å². The summed E-state index contributed by atoms with van der Waals surface area (Å²) in [5, 5.41) is 0. The number of fused-ring (bicyclic) bond motifs is 1. The van der Waals surface area contributed by atoms with Crippen molar-refractivity contribution in [1.29, 1.82) is 0 Å². The molecule has 2 nitrogen and oxygen atoms in total. The van der Waals surface area contributed by atoms with Crippen molar-refractivity contribution in [1.82, 2.24) is 0 Å². The standard InChI is InChI=1S/C12H17NO/c1-2-11(13)9-5-3-7-12-10(9)6-4-8-14-12/h3,5,7,11H,2,4,6,8,13H2,1H3/t11-/m0/s1. The minimum atomic E-state index is 0.159. The number of hydrogen-bond donors (Lipinski definition) is 1. The quantitative estimate of drug-likeness (QED) is 0.779. The van der Waals surface area contributed by atoms with E-state index in [9.17, 15) is 0 Å². The molecule has 0 saturated heterocycles. The van der Waals surface area contributed by atoms with Crippen LogP contribution in [0.2, 0.25) is 0 Å². The normalized spacial score (nSPS) is 17.0. The molecule has 1 aliphatic rings. The fourth-order valence-corrected chi connectivity index (χ4v) is 1.98. The molecule has 0 amide bonds. The highest BCUT2D eigenvalue weighted by Crippen LogP contribution is 2.31. The fourth-order valence-electron chi connectivity index (χ4n) is 1.98. The number of hydrogen-bond acceptors (Lipinski definition) is 2. The number of nitrogens with two attached hydrogens (primary N) is 1. The number of rotatable bonds is 2. The molecule has 2 rings (SSSR count). The average Bonchev–Trinajstić information content (AvgIpc) is 2.27. The Kier molecular flexibility index (Phi) is 2.73. The van der Waals surface area contributed by atoms with Crippen molar-refractivity contribution in [2.75, 3.05) is 6.61 Å². The Hall–Kier alpha value is -1.02. The summed E-state index contributed by atoms with van der Waals surface area (Å²) in [6.07, 6.45) is 3.20. The van der Waals surface area contributed by atoms with Gasteiger partial charge >= 0.3 is 0 Å². The molecular weight excluding hydrogens is 174 g/mol. The smallest absolute Gasteiger partial charge is 0.122 e. The third-order valence-electron chi connectivity index (χ3n) is 2.84. The van der Waals surface area contributed by atoms with Crippen LogP contribution in [-0.2, 0) is 6.42 Å². The molecular formula is C12H17NO. The van der Waals surface area contributed by atoms with Gasteiger partial charge in [-0.2, -0.15) is 0 Å². The SMILES string of the molecule is CC[C@H](N)c1cccc2c1CCCO2. The minimum absolute atomic E-state index is 0.159. The summed E-state index contributed by atoms with van der Waals surface area (Å²) in [6.45, 7) is 2.96. The van der Waals surface area contributed by atoms with Crippen molar-refractivity contribution in [3.05, 3.63) is 29.3 Å². The maximum atomic E-state index is 6.06. The molecule has 0 aromatic heterocycles. The fraction of sp³-hybridized carbons (Fsp3) is 0.500. The molecule has 0 saturated carbocycles. The lowest BCUT2D eigenvalue weighted by molar-refractivity contribution is 0.287. The molecule has 2 heteroatoms. The maximum Gasteiger partial charge on any atom is 0.122 e. The van der Waals surface area contributed by atoms with Crippen LogP contribution in [-0.4, -0.2) is 6.61 Å². The molecule has 0 fully saturated rings. The predicted octanol–water partition coefficient (Wildman–Crippen LogP) is 2.42. The summed E-state index contributed by atoms with van der Waals surface area (Å²) in [6, 6.07) is 6.36. The van der Waals surface area contributed by atoms with Crippen LogP contribution in [0.4, 0.5) is 0 Å². The first-order chi connectivity index (χ1) is 6.83. The van der Waals surface area contributed by atoms with Gasteiger partial charge in [-0.3, -0.25) is 0 Å². The summed E-state index contributed by atoms with van der Waals surface area (Å²) < 4.78 is 5.60. The van der Waals surface area contributed by atoms with Crippen LogP contribution in [0.3, 0.4) is 0 Å². The number of ether oxygens (including phenoxy) is 1. The molecule has 76 valence electrons. The summed E-state index contributed by atoms with van der Waals surface area (Å²) in [5.41, 5.74) is 8.66. The van der Waals surface area contributed by atoms with E-state index in [-0.39, 0.29) is 6.04 Å². The molecule has 14 heavy (non-hydrogen) atoms. The van der Waals surface area contributed by atoms with E-state index in [1.165, 1.54) is 11.1 Å². The van der Waals surface area contributed by atoms with E-state index in [2.05, 4.69) is 13.0 Å². The lowest BCUT2D eigenvalue weighted by Gasteiger charge is -2.22. The van der Waals surface area contributed by atoms with E-state index >= 15 is 0 Å². The van der Waals surface area contributed by atoms with Gasteiger partial charge in [-0.25, -0.2) is 0 Å². The Balaban J connectivity index is 2.39.